The molecular weight excluding hydrogens is 252 g/mol. The SMILES string of the molecule is COc1ccc([N+](=O)[O-])c(NC(C(N)=O)C(C)C)n1. The van der Waals surface area contributed by atoms with Crippen molar-refractivity contribution in [3.05, 3.63) is 22.2 Å². The first-order valence-corrected chi connectivity index (χ1v) is 5.62. The average molecular weight is 268 g/mol. The molecule has 0 fully saturated rings. The average Bonchev–Trinajstić information content (AvgIpc) is 2.34. The number of nitro groups is 1. The Hall–Kier alpha value is -2.38. The van der Waals surface area contributed by atoms with Crippen LogP contribution in [0.25, 0.3) is 0 Å². The standard InChI is InChI=1S/C11H16N4O4/c1-6(2)9(10(12)16)14-11-7(15(17)18)4-5-8(13-11)19-3/h4-6,9H,1-3H3,(H2,12,16)(H,13,14). The Bertz CT molecular complexity index is 490. The smallest absolute Gasteiger partial charge is 0.311 e. The van der Waals surface area contributed by atoms with Crippen LogP contribution in [0, 0.1) is 16.0 Å². The van der Waals surface area contributed by atoms with Gasteiger partial charge in [-0.25, -0.2) is 0 Å². The molecule has 8 heteroatoms. The predicted molar refractivity (Wildman–Crippen MR) is 68.9 cm³/mol. The van der Waals surface area contributed by atoms with Crippen LogP contribution in [0.4, 0.5) is 11.5 Å². The number of hydrogen-bond acceptors (Lipinski definition) is 6. The molecule has 1 atom stereocenters. The molecule has 0 spiro atoms. The zero-order chi connectivity index (χ0) is 14.6. The summed E-state index contributed by atoms with van der Waals surface area (Å²) < 4.78 is 4.90. The molecule has 19 heavy (non-hydrogen) atoms. The van der Waals surface area contributed by atoms with Crippen molar-refractivity contribution in [2.24, 2.45) is 11.7 Å². The van der Waals surface area contributed by atoms with Crippen molar-refractivity contribution in [1.82, 2.24) is 4.98 Å². The van der Waals surface area contributed by atoms with Gasteiger partial charge in [0.25, 0.3) is 0 Å². The van der Waals surface area contributed by atoms with E-state index in [4.69, 9.17) is 10.5 Å². The van der Waals surface area contributed by atoms with Crippen molar-refractivity contribution in [2.75, 3.05) is 12.4 Å². The number of nitrogens with zero attached hydrogens (tertiary/aromatic N) is 2. The molecule has 0 aliphatic carbocycles. The number of methoxy groups -OCH3 is 1. The van der Waals surface area contributed by atoms with Crippen LogP contribution in [0.2, 0.25) is 0 Å². The minimum absolute atomic E-state index is 0.0400. The minimum Gasteiger partial charge on any atom is -0.481 e. The normalized spacial score (nSPS) is 12.0. The third-order valence-electron chi connectivity index (χ3n) is 2.52. The van der Waals surface area contributed by atoms with Crippen LogP contribution >= 0.6 is 0 Å². The van der Waals surface area contributed by atoms with E-state index in [0.717, 1.165) is 0 Å². The first kappa shape index (κ1) is 14.7. The van der Waals surface area contributed by atoms with Crippen molar-refractivity contribution < 1.29 is 14.5 Å². The summed E-state index contributed by atoms with van der Waals surface area (Å²) in [5, 5.41) is 13.6. The third-order valence-corrected chi connectivity index (χ3v) is 2.52. The number of aromatic nitrogens is 1. The van der Waals surface area contributed by atoms with Crippen molar-refractivity contribution >= 4 is 17.4 Å². The second kappa shape index (κ2) is 5.98. The van der Waals surface area contributed by atoms with Gasteiger partial charge in [0.1, 0.15) is 6.04 Å². The van der Waals surface area contributed by atoms with Crippen LogP contribution in [-0.4, -0.2) is 29.0 Å². The summed E-state index contributed by atoms with van der Waals surface area (Å²) >= 11 is 0. The van der Waals surface area contributed by atoms with Gasteiger partial charge in [-0.1, -0.05) is 13.8 Å². The van der Waals surface area contributed by atoms with E-state index in [9.17, 15) is 14.9 Å². The fourth-order valence-electron chi connectivity index (χ4n) is 1.51. The minimum atomic E-state index is -0.752. The van der Waals surface area contributed by atoms with Gasteiger partial charge < -0.3 is 15.8 Å². The summed E-state index contributed by atoms with van der Waals surface area (Å²) in [5.74, 6) is -0.569. The molecule has 104 valence electrons. The molecule has 3 N–H and O–H groups in total. The number of rotatable bonds is 6. The lowest BCUT2D eigenvalue weighted by Crippen LogP contribution is -2.39. The Morgan fingerprint density at radius 3 is 2.58 bits per heavy atom. The van der Waals surface area contributed by atoms with Crippen molar-refractivity contribution in [2.45, 2.75) is 19.9 Å². The van der Waals surface area contributed by atoms with Crippen LogP contribution in [0.3, 0.4) is 0 Å². The van der Waals surface area contributed by atoms with Crippen molar-refractivity contribution in [3.8, 4) is 5.88 Å². The number of nitrogens with two attached hydrogens (primary N) is 1. The number of ether oxygens (including phenoxy) is 1. The zero-order valence-electron chi connectivity index (χ0n) is 10.9. The highest BCUT2D eigenvalue weighted by molar-refractivity contribution is 5.83. The fourth-order valence-corrected chi connectivity index (χ4v) is 1.51. The zero-order valence-corrected chi connectivity index (χ0v) is 10.9. The molecule has 0 saturated carbocycles. The highest BCUT2D eigenvalue weighted by Gasteiger charge is 2.24. The van der Waals surface area contributed by atoms with Crippen LogP contribution in [-0.2, 0) is 4.79 Å². The highest BCUT2D eigenvalue weighted by atomic mass is 16.6. The number of primary amides is 1. The number of pyridine rings is 1. The lowest BCUT2D eigenvalue weighted by Gasteiger charge is -2.19. The molecule has 0 radical (unpaired) electrons. The molecule has 8 nitrogen and oxygen atoms in total. The topological polar surface area (TPSA) is 120 Å². The van der Waals surface area contributed by atoms with E-state index in [1.807, 2.05) is 0 Å². The van der Waals surface area contributed by atoms with Crippen LogP contribution in [0.1, 0.15) is 13.8 Å². The number of carbonyl (C=O) groups is 1. The van der Waals surface area contributed by atoms with Gasteiger partial charge in [0, 0.05) is 12.1 Å². The summed E-state index contributed by atoms with van der Waals surface area (Å²) in [7, 11) is 1.39. The first-order chi connectivity index (χ1) is 8.86. The summed E-state index contributed by atoms with van der Waals surface area (Å²) in [6, 6.07) is 1.88. The summed E-state index contributed by atoms with van der Waals surface area (Å²) in [4.78, 5) is 25.6. The van der Waals surface area contributed by atoms with Crippen LogP contribution in [0.15, 0.2) is 12.1 Å². The van der Waals surface area contributed by atoms with E-state index in [0.29, 0.717) is 0 Å². The second-order valence-electron chi connectivity index (χ2n) is 4.25. The molecule has 0 saturated heterocycles. The Labute approximate surface area is 110 Å². The maximum absolute atomic E-state index is 11.3. The van der Waals surface area contributed by atoms with Gasteiger partial charge in [0.2, 0.25) is 17.6 Å². The molecule has 1 aromatic rings. The van der Waals surface area contributed by atoms with E-state index in [2.05, 4.69) is 10.3 Å². The van der Waals surface area contributed by atoms with E-state index in [-0.39, 0.29) is 23.3 Å². The lowest BCUT2D eigenvalue weighted by molar-refractivity contribution is -0.384. The highest BCUT2D eigenvalue weighted by Crippen LogP contribution is 2.26. The number of anilines is 1. The molecule has 1 amide bonds. The number of nitrogens with one attached hydrogen (secondary N) is 1. The third kappa shape index (κ3) is 3.54. The fraction of sp³-hybridized carbons (Fsp3) is 0.455. The Morgan fingerprint density at radius 2 is 2.16 bits per heavy atom. The van der Waals surface area contributed by atoms with Gasteiger partial charge in [0.15, 0.2) is 0 Å². The van der Waals surface area contributed by atoms with Gasteiger partial charge in [-0.15, -0.1) is 0 Å². The molecule has 0 bridgehead atoms. The lowest BCUT2D eigenvalue weighted by atomic mass is 10.0. The molecule has 0 aliphatic rings. The molecule has 1 unspecified atom stereocenters. The van der Waals surface area contributed by atoms with Gasteiger partial charge in [0.05, 0.1) is 12.0 Å². The van der Waals surface area contributed by atoms with E-state index < -0.39 is 16.9 Å². The van der Waals surface area contributed by atoms with Gasteiger partial charge in [-0.3, -0.25) is 14.9 Å². The quantitative estimate of drug-likeness (QED) is 0.584. The first-order valence-electron chi connectivity index (χ1n) is 5.62. The molecule has 1 heterocycles. The monoisotopic (exact) mass is 268 g/mol. The largest absolute Gasteiger partial charge is 0.481 e. The second-order valence-corrected chi connectivity index (χ2v) is 4.25. The predicted octanol–water partition coefficient (Wildman–Crippen LogP) is 0.920. The van der Waals surface area contributed by atoms with E-state index in [1.54, 1.807) is 13.8 Å². The summed E-state index contributed by atoms with van der Waals surface area (Å²) in [6.45, 7) is 3.54. The molecule has 0 aliphatic heterocycles. The van der Waals surface area contributed by atoms with Gasteiger partial charge in [-0.05, 0) is 5.92 Å². The summed E-state index contributed by atoms with van der Waals surface area (Å²) in [5.41, 5.74) is 5.01. The van der Waals surface area contributed by atoms with Crippen molar-refractivity contribution in [3.63, 3.8) is 0 Å². The number of hydrogen-bond donors (Lipinski definition) is 2. The Kier molecular flexibility index (Phi) is 4.62. The number of amides is 1. The number of carbonyl (C=O) groups excluding carboxylic acids is 1. The van der Waals surface area contributed by atoms with Crippen LogP contribution < -0.4 is 15.8 Å². The maximum atomic E-state index is 11.3. The molecule has 1 rings (SSSR count). The molecular formula is C11H16N4O4. The van der Waals surface area contributed by atoms with E-state index in [1.165, 1.54) is 19.2 Å². The van der Waals surface area contributed by atoms with Gasteiger partial charge >= 0.3 is 5.69 Å². The Balaban J connectivity index is 3.15. The summed E-state index contributed by atoms with van der Waals surface area (Å²) in [6.07, 6.45) is 0. The van der Waals surface area contributed by atoms with Gasteiger partial charge in [-0.2, -0.15) is 4.98 Å². The van der Waals surface area contributed by atoms with E-state index >= 15 is 0 Å². The molecule has 1 aromatic heterocycles. The van der Waals surface area contributed by atoms with Crippen LogP contribution in [0.5, 0.6) is 5.88 Å². The Morgan fingerprint density at radius 1 is 1.53 bits per heavy atom. The molecule has 0 aromatic carbocycles. The maximum Gasteiger partial charge on any atom is 0.311 e. The van der Waals surface area contributed by atoms with Crippen molar-refractivity contribution in [1.29, 1.82) is 0 Å².